The van der Waals surface area contributed by atoms with Crippen molar-refractivity contribution < 1.29 is 22.0 Å². The summed E-state index contributed by atoms with van der Waals surface area (Å²) in [6.07, 6.45) is 1.37. The summed E-state index contributed by atoms with van der Waals surface area (Å²) in [5.41, 5.74) is 1.48. The molecular formula is C23H24FNO4S. The molecule has 0 fully saturated rings. The molecule has 0 unspecified atom stereocenters. The Balaban J connectivity index is 1.81. The maximum absolute atomic E-state index is 13.2. The van der Waals surface area contributed by atoms with Crippen LogP contribution >= 0.6 is 0 Å². The second-order valence-corrected chi connectivity index (χ2v) is 10.2. The molecule has 158 valence electrons. The fourth-order valence-electron chi connectivity index (χ4n) is 3.04. The molecule has 1 amide bonds. The number of hydrogen-bond donors (Lipinski definition) is 1. The predicted octanol–water partition coefficient (Wildman–Crippen LogP) is 4.66. The number of hydrogen-bond acceptors (Lipinski definition) is 4. The highest BCUT2D eigenvalue weighted by Crippen LogP contribution is 2.29. The summed E-state index contributed by atoms with van der Waals surface area (Å²) in [6, 6.07) is 14.9. The number of furan rings is 1. The van der Waals surface area contributed by atoms with Gasteiger partial charge in [0.1, 0.15) is 16.8 Å². The van der Waals surface area contributed by atoms with Crippen molar-refractivity contribution in [2.45, 2.75) is 36.3 Å². The van der Waals surface area contributed by atoms with Crippen LogP contribution in [0.4, 0.5) is 4.39 Å². The molecule has 0 aliphatic heterocycles. The van der Waals surface area contributed by atoms with E-state index in [4.69, 9.17) is 4.42 Å². The van der Waals surface area contributed by atoms with Crippen molar-refractivity contribution in [1.29, 1.82) is 0 Å². The third-order valence-electron chi connectivity index (χ3n) is 4.84. The van der Waals surface area contributed by atoms with Crippen molar-refractivity contribution in [3.05, 3.63) is 89.6 Å². The predicted molar refractivity (Wildman–Crippen MR) is 113 cm³/mol. The number of carbonyl (C=O) groups is 1. The number of halogens is 1. The van der Waals surface area contributed by atoms with Crippen LogP contribution in [0.3, 0.4) is 0 Å². The quantitative estimate of drug-likeness (QED) is 0.578. The molecule has 3 rings (SSSR count). The molecule has 0 aliphatic carbocycles. The van der Waals surface area contributed by atoms with Crippen LogP contribution in [0.2, 0.25) is 0 Å². The number of amides is 1. The van der Waals surface area contributed by atoms with Gasteiger partial charge in [0.25, 0.3) is 5.91 Å². The minimum atomic E-state index is -3.92. The molecule has 0 saturated carbocycles. The molecule has 1 aromatic heterocycles. The smallest absolute Gasteiger partial charge is 0.251 e. The van der Waals surface area contributed by atoms with Gasteiger partial charge in [0.15, 0.2) is 9.84 Å². The Morgan fingerprint density at radius 2 is 1.67 bits per heavy atom. The van der Waals surface area contributed by atoms with Crippen molar-refractivity contribution in [3.63, 3.8) is 0 Å². The van der Waals surface area contributed by atoms with E-state index in [1.165, 1.54) is 24.5 Å². The molecule has 0 radical (unpaired) electrons. The van der Waals surface area contributed by atoms with E-state index in [2.05, 4.69) is 26.1 Å². The first-order chi connectivity index (χ1) is 14.1. The van der Waals surface area contributed by atoms with E-state index in [0.29, 0.717) is 5.56 Å². The molecule has 5 nitrogen and oxygen atoms in total. The van der Waals surface area contributed by atoms with Crippen LogP contribution in [0.1, 0.15) is 47.7 Å². The normalized spacial score (nSPS) is 13.1. The zero-order chi connectivity index (χ0) is 21.9. The lowest BCUT2D eigenvalue weighted by atomic mass is 9.87. The molecule has 1 atom stereocenters. The summed E-state index contributed by atoms with van der Waals surface area (Å²) in [5.74, 6) is -0.723. The van der Waals surface area contributed by atoms with Gasteiger partial charge in [0.05, 0.1) is 11.2 Å². The van der Waals surface area contributed by atoms with Gasteiger partial charge in [-0.05, 0) is 59.5 Å². The van der Waals surface area contributed by atoms with E-state index in [1.54, 1.807) is 18.2 Å². The second-order valence-electron chi connectivity index (χ2n) is 8.04. The van der Waals surface area contributed by atoms with Crippen LogP contribution in [0, 0.1) is 5.82 Å². The lowest BCUT2D eigenvalue weighted by molar-refractivity contribution is 0.0953. The van der Waals surface area contributed by atoms with Gasteiger partial charge < -0.3 is 9.73 Å². The molecule has 2 aromatic carbocycles. The molecular weight excluding hydrogens is 405 g/mol. The lowest BCUT2D eigenvalue weighted by Gasteiger charge is -2.19. The molecule has 0 spiro atoms. The summed E-state index contributed by atoms with van der Waals surface area (Å²) >= 11 is 0. The number of benzene rings is 2. The summed E-state index contributed by atoms with van der Waals surface area (Å²) < 4.78 is 44.8. The zero-order valence-electron chi connectivity index (χ0n) is 17.1. The number of carbonyl (C=O) groups excluding carboxylic acids is 1. The third kappa shape index (κ3) is 4.79. The Morgan fingerprint density at radius 3 is 2.20 bits per heavy atom. The van der Waals surface area contributed by atoms with Gasteiger partial charge in [-0.2, -0.15) is 0 Å². The van der Waals surface area contributed by atoms with Gasteiger partial charge in [-0.15, -0.1) is 0 Å². The van der Waals surface area contributed by atoms with Crippen LogP contribution in [0.25, 0.3) is 0 Å². The second kappa shape index (κ2) is 8.44. The minimum absolute atomic E-state index is 0.0391. The minimum Gasteiger partial charge on any atom is -0.468 e. The highest BCUT2D eigenvalue weighted by atomic mass is 32.2. The van der Waals surface area contributed by atoms with Crippen LogP contribution < -0.4 is 5.32 Å². The molecule has 1 heterocycles. The fraction of sp³-hybridized carbons (Fsp3) is 0.261. The van der Waals surface area contributed by atoms with E-state index in [9.17, 15) is 17.6 Å². The molecule has 30 heavy (non-hydrogen) atoms. The number of rotatable bonds is 6. The van der Waals surface area contributed by atoms with Gasteiger partial charge in [-0.3, -0.25) is 4.79 Å². The highest BCUT2D eigenvalue weighted by Gasteiger charge is 2.32. The molecule has 0 bridgehead atoms. The van der Waals surface area contributed by atoms with Crippen LogP contribution in [-0.4, -0.2) is 20.9 Å². The SMILES string of the molecule is CC(C)(C)c1ccc(C(=O)NC[C@@H](c2ccco2)S(=O)(=O)c2ccc(F)cc2)cc1. The standard InChI is InChI=1S/C23H24FNO4S/c1-23(2,3)17-8-6-16(7-9-17)22(26)25-15-21(20-5-4-14-29-20)30(27,28)19-12-10-18(24)11-13-19/h4-14,21H,15H2,1-3H3,(H,25,26)/t21-/m0/s1. The van der Waals surface area contributed by atoms with Crippen LogP contribution in [0.15, 0.2) is 76.2 Å². The van der Waals surface area contributed by atoms with Gasteiger partial charge in [0.2, 0.25) is 0 Å². The van der Waals surface area contributed by atoms with E-state index in [-0.39, 0.29) is 28.5 Å². The largest absolute Gasteiger partial charge is 0.468 e. The monoisotopic (exact) mass is 429 g/mol. The molecule has 3 aromatic rings. The summed E-state index contributed by atoms with van der Waals surface area (Å²) in [5, 5.41) is 1.54. The fourth-order valence-corrected chi connectivity index (χ4v) is 4.62. The molecule has 7 heteroatoms. The average Bonchev–Trinajstić information content (AvgIpc) is 3.22. The Labute approximate surface area is 175 Å². The van der Waals surface area contributed by atoms with Crippen LogP contribution in [-0.2, 0) is 15.3 Å². The van der Waals surface area contributed by atoms with E-state index in [1.807, 2.05) is 12.1 Å². The highest BCUT2D eigenvalue weighted by molar-refractivity contribution is 7.91. The molecule has 0 saturated heterocycles. The first-order valence-electron chi connectivity index (χ1n) is 9.50. The van der Waals surface area contributed by atoms with E-state index < -0.39 is 20.9 Å². The van der Waals surface area contributed by atoms with Crippen LogP contribution in [0.5, 0.6) is 0 Å². The Kier molecular flexibility index (Phi) is 6.12. The Morgan fingerprint density at radius 1 is 1.03 bits per heavy atom. The summed E-state index contributed by atoms with van der Waals surface area (Å²) in [4.78, 5) is 12.6. The van der Waals surface area contributed by atoms with E-state index in [0.717, 1.165) is 17.7 Å². The van der Waals surface area contributed by atoms with Crippen molar-refractivity contribution in [1.82, 2.24) is 5.32 Å². The third-order valence-corrected chi connectivity index (χ3v) is 6.92. The maximum atomic E-state index is 13.2. The summed E-state index contributed by atoms with van der Waals surface area (Å²) in [7, 11) is -3.92. The molecule has 1 N–H and O–H groups in total. The maximum Gasteiger partial charge on any atom is 0.251 e. The first-order valence-corrected chi connectivity index (χ1v) is 11.1. The summed E-state index contributed by atoms with van der Waals surface area (Å²) in [6.45, 7) is 6.05. The zero-order valence-corrected chi connectivity index (χ0v) is 17.9. The topological polar surface area (TPSA) is 76.4 Å². The van der Waals surface area contributed by atoms with Gasteiger partial charge >= 0.3 is 0 Å². The number of nitrogens with one attached hydrogen (secondary N) is 1. The average molecular weight is 430 g/mol. The van der Waals surface area contributed by atoms with Gasteiger partial charge in [0, 0.05) is 12.1 Å². The van der Waals surface area contributed by atoms with Crippen molar-refractivity contribution in [2.24, 2.45) is 0 Å². The number of sulfone groups is 1. The lowest BCUT2D eigenvalue weighted by Crippen LogP contribution is -2.31. The first kappa shape index (κ1) is 21.8. The van der Waals surface area contributed by atoms with Gasteiger partial charge in [-0.25, -0.2) is 12.8 Å². The van der Waals surface area contributed by atoms with Crippen molar-refractivity contribution in [2.75, 3.05) is 6.54 Å². The van der Waals surface area contributed by atoms with Gasteiger partial charge in [-0.1, -0.05) is 32.9 Å². The van der Waals surface area contributed by atoms with Crippen molar-refractivity contribution in [3.8, 4) is 0 Å². The Bertz CT molecular complexity index is 1100. The van der Waals surface area contributed by atoms with E-state index >= 15 is 0 Å². The Hall–Kier alpha value is -2.93. The van der Waals surface area contributed by atoms with Crippen molar-refractivity contribution >= 4 is 15.7 Å². The molecule has 0 aliphatic rings.